The minimum atomic E-state index is -3.43. The van der Waals surface area contributed by atoms with Gasteiger partial charge in [0, 0.05) is 27.5 Å². The van der Waals surface area contributed by atoms with E-state index in [2.05, 4.69) is 21.8 Å². The van der Waals surface area contributed by atoms with Gasteiger partial charge in [0.2, 0.25) is 10.0 Å². The Balaban J connectivity index is 1.58. The Morgan fingerprint density at radius 2 is 2.08 bits per heavy atom. The lowest BCUT2D eigenvalue weighted by Gasteiger charge is -2.23. The average Bonchev–Trinajstić information content (AvgIpc) is 3.19. The second-order valence-electron chi connectivity index (χ2n) is 6.26. The van der Waals surface area contributed by atoms with Crippen LogP contribution in [0.2, 0.25) is 0 Å². The number of hydrogen-bond acceptors (Lipinski definition) is 3. The van der Waals surface area contributed by atoms with Crippen molar-refractivity contribution in [2.45, 2.75) is 42.9 Å². The molecule has 1 aromatic carbocycles. The van der Waals surface area contributed by atoms with E-state index in [1.54, 1.807) is 6.07 Å². The first-order valence-corrected chi connectivity index (χ1v) is 10.6. The second-order valence-corrected chi connectivity index (χ2v) is 9.37. The molecule has 0 fully saturated rings. The van der Waals surface area contributed by atoms with Crippen LogP contribution in [0, 0.1) is 0 Å². The first kappa shape index (κ1) is 15.9. The van der Waals surface area contributed by atoms with E-state index in [4.69, 9.17) is 0 Å². The lowest BCUT2D eigenvalue weighted by atomic mass is 9.92. The number of hydrogen-bond donors (Lipinski definition) is 2. The molecule has 4 rings (SSSR count). The van der Waals surface area contributed by atoms with Gasteiger partial charge in [-0.2, -0.15) is 0 Å². The Morgan fingerprint density at radius 3 is 2.88 bits per heavy atom. The maximum absolute atomic E-state index is 12.6. The SMILES string of the molecule is CCc1ccc(S(=O)(=O)NC2CCc3[nH]c4ccccc4c3C2)s1. The van der Waals surface area contributed by atoms with Gasteiger partial charge in [-0.15, -0.1) is 11.3 Å². The molecule has 0 radical (unpaired) electrons. The quantitative estimate of drug-likeness (QED) is 0.746. The Hall–Kier alpha value is -1.63. The van der Waals surface area contributed by atoms with Gasteiger partial charge in [0.15, 0.2) is 0 Å². The average molecular weight is 361 g/mol. The van der Waals surface area contributed by atoms with E-state index >= 15 is 0 Å². The Labute approximate surface area is 146 Å². The monoisotopic (exact) mass is 360 g/mol. The molecule has 0 bridgehead atoms. The van der Waals surface area contributed by atoms with E-state index in [1.165, 1.54) is 28.0 Å². The van der Waals surface area contributed by atoms with Crippen LogP contribution in [0.25, 0.3) is 10.9 Å². The van der Waals surface area contributed by atoms with Crippen LogP contribution >= 0.6 is 11.3 Å². The predicted molar refractivity (Wildman–Crippen MR) is 98.1 cm³/mol. The molecule has 0 spiro atoms. The largest absolute Gasteiger partial charge is 0.358 e. The number of thiophene rings is 1. The molecule has 0 amide bonds. The lowest BCUT2D eigenvalue weighted by Crippen LogP contribution is -2.38. The molecule has 6 heteroatoms. The standard InChI is InChI=1S/C18H20N2O2S2/c1-2-13-8-10-18(23-13)24(21,22)20-12-7-9-17-15(11-12)14-5-3-4-6-16(14)19-17/h3-6,8,10,12,19-20H,2,7,9,11H2,1H3. The van der Waals surface area contributed by atoms with Crippen LogP contribution < -0.4 is 4.72 Å². The number of H-pyrrole nitrogens is 1. The molecule has 1 atom stereocenters. The lowest BCUT2D eigenvalue weighted by molar-refractivity contribution is 0.507. The number of fused-ring (bicyclic) bond motifs is 3. The second kappa shape index (κ2) is 6.02. The van der Waals surface area contributed by atoms with Gasteiger partial charge in [-0.3, -0.25) is 0 Å². The van der Waals surface area contributed by atoms with Gasteiger partial charge in [-0.05, 0) is 49.4 Å². The minimum absolute atomic E-state index is 0.0473. The van der Waals surface area contributed by atoms with Crippen LogP contribution in [0.1, 0.15) is 29.5 Å². The van der Waals surface area contributed by atoms with Gasteiger partial charge in [0.25, 0.3) is 0 Å². The fraction of sp³-hybridized carbons (Fsp3) is 0.333. The Kier molecular flexibility index (Phi) is 3.98. The van der Waals surface area contributed by atoms with Crippen molar-refractivity contribution in [2.24, 2.45) is 0 Å². The number of aromatic nitrogens is 1. The molecule has 3 aromatic rings. The van der Waals surface area contributed by atoms with E-state index in [0.717, 1.165) is 36.1 Å². The van der Waals surface area contributed by atoms with E-state index in [1.807, 2.05) is 25.1 Å². The zero-order valence-electron chi connectivity index (χ0n) is 13.5. The van der Waals surface area contributed by atoms with Gasteiger partial charge in [-0.25, -0.2) is 13.1 Å². The van der Waals surface area contributed by atoms with Crippen LogP contribution in [0.5, 0.6) is 0 Å². The highest BCUT2D eigenvalue weighted by atomic mass is 32.2. The molecule has 2 heterocycles. The topological polar surface area (TPSA) is 62.0 Å². The van der Waals surface area contributed by atoms with E-state index in [0.29, 0.717) is 4.21 Å². The minimum Gasteiger partial charge on any atom is -0.358 e. The molecule has 2 aromatic heterocycles. The fourth-order valence-electron chi connectivity index (χ4n) is 3.44. The summed E-state index contributed by atoms with van der Waals surface area (Å²) in [4.78, 5) is 4.56. The number of para-hydroxylation sites is 1. The normalized spacial score (nSPS) is 18.0. The molecule has 4 nitrogen and oxygen atoms in total. The zero-order chi connectivity index (χ0) is 16.7. The van der Waals surface area contributed by atoms with Crippen molar-refractivity contribution >= 4 is 32.3 Å². The van der Waals surface area contributed by atoms with E-state index in [9.17, 15) is 8.42 Å². The first-order valence-electron chi connectivity index (χ1n) is 8.26. The molecule has 126 valence electrons. The number of aryl methyl sites for hydroxylation is 2. The molecule has 0 saturated carbocycles. The van der Waals surface area contributed by atoms with Gasteiger partial charge in [0.05, 0.1) is 0 Å². The summed E-state index contributed by atoms with van der Waals surface area (Å²) in [5.41, 5.74) is 3.64. The van der Waals surface area contributed by atoms with Crippen LogP contribution in [0.15, 0.2) is 40.6 Å². The molecule has 24 heavy (non-hydrogen) atoms. The third-order valence-electron chi connectivity index (χ3n) is 4.67. The van der Waals surface area contributed by atoms with Crippen LogP contribution in [0.3, 0.4) is 0 Å². The van der Waals surface area contributed by atoms with Crippen molar-refractivity contribution in [1.29, 1.82) is 0 Å². The summed E-state index contributed by atoms with van der Waals surface area (Å²) in [7, 11) is -3.43. The third-order valence-corrected chi connectivity index (χ3v) is 7.91. The molecule has 1 unspecified atom stereocenters. The molecule has 1 aliphatic carbocycles. The van der Waals surface area contributed by atoms with Gasteiger partial charge >= 0.3 is 0 Å². The molecular formula is C18H20N2O2S2. The number of benzene rings is 1. The summed E-state index contributed by atoms with van der Waals surface area (Å²) in [6, 6.07) is 11.8. The van der Waals surface area contributed by atoms with Crippen LogP contribution in [-0.2, 0) is 29.3 Å². The molecule has 0 aliphatic heterocycles. The zero-order valence-corrected chi connectivity index (χ0v) is 15.1. The van der Waals surface area contributed by atoms with E-state index < -0.39 is 10.0 Å². The van der Waals surface area contributed by atoms with Crippen LogP contribution in [0.4, 0.5) is 0 Å². The summed E-state index contributed by atoms with van der Waals surface area (Å²) in [5, 5.41) is 1.21. The number of nitrogens with one attached hydrogen (secondary N) is 2. The van der Waals surface area contributed by atoms with Crippen molar-refractivity contribution in [3.05, 3.63) is 52.5 Å². The smallest absolute Gasteiger partial charge is 0.250 e. The maximum atomic E-state index is 12.6. The highest BCUT2D eigenvalue weighted by Crippen LogP contribution is 2.30. The number of aromatic amines is 1. The van der Waals surface area contributed by atoms with Gasteiger partial charge in [-0.1, -0.05) is 25.1 Å². The first-order chi connectivity index (χ1) is 11.6. The highest BCUT2D eigenvalue weighted by molar-refractivity contribution is 7.91. The molecule has 1 aliphatic rings. The Morgan fingerprint density at radius 1 is 1.25 bits per heavy atom. The summed E-state index contributed by atoms with van der Waals surface area (Å²) >= 11 is 1.36. The number of rotatable bonds is 4. The molecular weight excluding hydrogens is 340 g/mol. The number of sulfonamides is 1. The Bertz CT molecular complexity index is 986. The summed E-state index contributed by atoms with van der Waals surface area (Å²) in [6.07, 6.45) is 3.31. The van der Waals surface area contributed by atoms with Gasteiger partial charge < -0.3 is 4.98 Å². The fourth-order valence-corrected chi connectivity index (χ4v) is 6.02. The molecule has 0 saturated heterocycles. The van der Waals surface area contributed by atoms with Gasteiger partial charge in [0.1, 0.15) is 4.21 Å². The van der Waals surface area contributed by atoms with Crippen molar-refractivity contribution < 1.29 is 8.42 Å². The van der Waals surface area contributed by atoms with Crippen molar-refractivity contribution in [3.8, 4) is 0 Å². The summed E-state index contributed by atoms with van der Waals surface area (Å²) in [6.45, 7) is 2.04. The summed E-state index contributed by atoms with van der Waals surface area (Å²) < 4.78 is 28.6. The van der Waals surface area contributed by atoms with Crippen LogP contribution in [-0.4, -0.2) is 19.4 Å². The van der Waals surface area contributed by atoms with Crippen molar-refractivity contribution in [1.82, 2.24) is 9.71 Å². The van der Waals surface area contributed by atoms with Crippen molar-refractivity contribution in [3.63, 3.8) is 0 Å². The van der Waals surface area contributed by atoms with Crippen molar-refractivity contribution in [2.75, 3.05) is 0 Å². The third kappa shape index (κ3) is 2.79. The molecule has 2 N–H and O–H groups in total. The predicted octanol–water partition coefficient (Wildman–Crippen LogP) is 3.63. The maximum Gasteiger partial charge on any atom is 0.250 e. The highest BCUT2D eigenvalue weighted by Gasteiger charge is 2.27. The van der Waals surface area contributed by atoms with E-state index in [-0.39, 0.29) is 6.04 Å². The summed E-state index contributed by atoms with van der Waals surface area (Å²) in [5.74, 6) is 0.